The molecule has 5 rings (SSSR count). The van der Waals surface area contributed by atoms with E-state index >= 15 is 0 Å². The molecule has 1 aliphatic heterocycles. The third kappa shape index (κ3) is 3.07. The minimum atomic E-state index is -0.329. The largest absolute Gasteiger partial charge is 0.459 e. The molecule has 3 fully saturated rings. The quantitative estimate of drug-likeness (QED) is 0.336. The van der Waals surface area contributed by atoms with Gasteiger partial charge in [-0.25, -0.2) is 0 Å². The molecule has 0 aromatic heterocycles. The Labute approximate surface area is 208 Å². The molecule has 0 aromatic carbocycles. The summed E-state index contributed by atoms with van der Waals surface area (Å²) in [5, 5.41) is 10.9. The smallest absolute Gasteiger partial charge is 0.309 e. The highest BCUT2D eigenvalue weighted by molar-refractivity contribution is 5.73. The fourth-order valence-electron chi connectivity index (χ4n) is 10.3. The molecule has 0 bridgehead atoms. The number of cyclic esters (lactones) is 1. The zero-order chi connectivity index (χ0) is 24.9. The van der Waals surface area contributed by atoms with E-state index in [2.05, 4.69) is 48.5 Å². The van der Waals surface area contributed by atoms with Gasteiger partial charge in [0.15, 0.2) is 0 Å². The first kappa shape index (κ1) is 24.8. The van der Waals surface area contributed by atoms with Gasteiger partial charge in [-0.1, -0.05) is 59.6 Å². The summed E-state index contributed by atoms with van der Waals surface area (Å²) in [4.78, 5) is 12.5. The number of carbonyl (C=O) groups excluding carboxylic acids is 1. The second kappa shape index (κ2) is 7.59. The highest BCUT2D eigenvalue weighted by Gasteiger charge is 2.64. The van der Waals surface area contributed by atoms with E-state index in [1.54, 1.807) is 11.1 Å². The summed E-state index contributed by atoms with van der Waals surface area (Å²) in [6.07, 6.45) is 11.3. The van der Waals surface area contributed by atoms with Crippen LogP contribution in [0.4, 0.5) is 0 Å². The number of rotatable bonds is 2. The highest BCUT2D eigenvalue weighted by atomic mass is 16.6. The topological polar surface area (TPSA) is 46.5 Å². The van der Waals surface area contributed by atoms with Crippen molar-refractivity contribution in [1.82, 2.24) is 0 Å². The predicted octanol–water partition coefficient (Wildman–Crippen LogP) is 7.46. The van der Waals surface area contributed by atoms with Crippen molar-refractivity contribution in [3.63, 3.8) is 0 Å². The van der Waals surface area contributed by atoms with Crippen LogP contribution in [0.1, 0.15) is 120 Å². The first-order valence-corrected chi connectivity index (χ1v) is 14.3. The van der Waals surface area contributed by atoms with Crippen LogP contribution in [0.3, 0.4) is 0 Å². The molecule has 3 heteroatoms. The molecule has 1 N–H and O–H groups in total. The van der Waals surface area contributed by atoms with E-state index in [0.717, 1.165) is 25.7 Å². The number of aliphatic hydroxyl groups is 1. The fourth-order valence-corrected chi connectivity index (χ4v) is 10.3. The third-order valence-corrected chi connectivity index (χ3v) is 13.2. The Bertz CT molecular complexity index is 902. The van der Waals surface area contributed by atoms with Gasteiger partial charge in [0.1, 0.15) is 5.60 Å². The van der Waals surface area contributed by atoms with Crippen LogP contribution in [-0.4, -0.2) is 22.8 Å². The molecule has 0 amide bonds. The molecule has 0 unspecified atom stereocenters. The van der Waals surface area contributed by atoms with Gasteiger partial charge in [0.2, 0.25) is 0 Å². The van der Waals surface area contributed by atoms with E-state index < -0.39 is 0 Å². The van der Waals surface area contributed by atoms with Crippen molar-refractivity contribution >= 4 is 5.97 Å². The van der Waals surface area contributed by atoms with Crippen LogP contribution >= 0.6 is 0 Å². The minimum Gasteiger partial charge on any atom is -0.459 e. The van der Waals surface area contributed by atoms with Gasteiger partial charge in [-0.05, 0) is 111 Å². The van der Waals surface area contributed by atoms with Crippen molar-refractivity contribution in [3.8, 4) is 0 Å². The van der Waals surface area contributed by atoms with Gasteiger partial charge in [0.05, 0.1) is 12.0 Å². The highest BCUT2D eigenvalue weighted by Crippen LogP contribution is 2.73. The Morgan fingerprint density at radius 3 is 2.26 bits per heavy atom. The first-order valence-electron chi connectivity index (χ1n) is 14.3. The first-order chi connectivity index (χ1) is 15.7. The van der Waals surface area contributed by atoms with Crippen LogP contribution in [0.15, 0.2) is 11.1 Å². The molecule has 9 atom stereocenters. The third-order valence-electron chi connectivity index (χ3n) is 13.2. The van der Waals surface area contributed by atoms with Crippen molar-refractivity contribution in [1.29, 1.82) is 0 Å². The number of hydrogen-bond acceptors (Lipinski definition) is 3. The lowest BCUT2D eigenvalue weighted by Crippen LogP contribution is -2.56. The summed E-state index contributed by atoms with van der Waals surface area (Å²) < 4.78 is 6.17. The number of carbonyl (C=O) groups is 1. The molecule has 0 spiro atoms. The van der Waals surface area contributed by atoms with Crippen LogP contribution in [0, 0.1) is 45.3 Å². The number of allylic oxidation sites excluding steroid dienone is 2. The molecule has 1 saturated heterocycles. The molecule has 3 nitrogen and oxygen atoms in total. The van der Waals surface area contributed by atoms with E-state index in [1.807, 2.05) is 6.92 Å². The van der Waals surface area contributed by atoms with E-state index in [9.17, 15) is 9.90 Å². The summed E-state index contributed by atoms with van der Waals surface area (Å²) >= 11 is 0. The van der Waals surface area contributed by atoms with Crippen molar-refractivity contribution in [2.45, 2.75) is 131 Å². The fraction of sp³-hybridized carbons (Fsp3) is 0.903. The number of fused-ring (bicyclic) bond motifs is 4. The van der Waals surface area contributed by atoms with Crippen molar-refractivity contribution in [2.24, 2.45) is 45.3 Å². The maximum atomic E-state index is 12.5. The molecule has 34 heavy (non-hydrogen) atoms. The molecule has 192 valence electrons. The molecule has 0 radical (unpaired) electrons. The van der Waals surface area contributed by atoms with Gasteiger partial charge in [-0.2, -0.15) is 0 Å². The number of ether oxygens (including phenoxy) is 1. The van der Waals surface area contributed by atoms with Crippen molar-refractivity contribution in [3.05, 3.63) is 11.1 Å². The molecule has 4 aliphatic carbocycles. The Morgan fingerprint density at radius 1 is 0.882 bits per heavy atom. The predicted molar refractivity (Wildman–Crippen MR) is 137 cm³/mol. The van der Waals surface area contributed by atoms with E-state index in [0.29, 0.717) is 17.8 Å². The van der Waals surface area contributed by atoms with E-state index in [1.165, 1.54) is 38.5 Å². The van der Waals surface area contributed by atoms with Gasteiger partial charge in [0, 0.05) is 0 Å². The van der Waals surface area contributed by atoms with Crippen LogP contribution in [-0.2, 0) is 9.53 Å². The summed E-state index contributed by atoms with van der Waals surface area (Å²) in [5.41, 5.74) is 3.99. The van der Waals surface area contributed by atoms with Crippen molar-refractivity contribution in [2.75, 3.05) is 0 Å². The molecular weight excluding hydrogens is 420 g/mol. The average molecular weight is 471 g/mol. The Balaban J connectivity index is 1.49. The lowest BCUT2D eigenvalue weighted by Gasteiger charge is -2.62. The van der Waals surface area contributed by atoms with Crippen molar-refractivity contribution < 1.29 is 14.6 Å². The standard InChI is InChI=1S/C31H50O3/c1-19-11-18-31(8,34-26(19)33)20(2)21-12-16-30(7)23-9-10-24-27(3,4)25(32)14-15-28(24,5)22(23)13-17-29(21,30)6/h19-21,24-25,32H,9-18H2,1-8H3/t19-,20-,21+,24-,25-,28+,29+,30-,31+/m0/s1. The number of hydrogen-bond donors (Lipinski definition) is 1. The maximum Gasteiger partial charge on any atom is 0.309 e. The zero-order valence-electron chi connectivity index (χ0n) is 23.2. The van der Waals surface area contributed by atoms with E-state index in [4.69, 9.17) is 4.74 Å². The Kier molecular flexibility index (Phi) is 5.55. The average Bonchev–Trinajstić information content (AvgIpc) is 3.05. The molecule has 5 aliphatic rings. The van der Waals surface area contributed by atoms with Gasteiger partial charge in [-0.3, -0.25) is 4.79 Å². The Hall–Kier alpha value is -0.830. The van der Waals surface area contributed by atoms with Crippen LogP contribution in [0.5, 0.6) is 0 Å². The van der Waals surface area contributed by atoms with Gasteiger partial charge < -0.3 is 9.84 Å². The number of aliphatic hydroxyl groups excluding tert-OH is 1. The second-order valence-electron chi connectivity index (χ2n) is 14.7. The Morgan fingerprint density at radius 2 is 1.59 bits per heavy atom. The number of esters is 1. The molecule has 1 heterocycles. The van der Waals surface area contributed by atoms with E-state index in [-0.39, 0.29) is 45.3 Å². The van der Waals surface area contributed by atoms with Gasteiger partial charge in [0.25, 0.3) is 0 Å². The summed E-state index contributed by atoms with van der Waals surface area (Å²) in [6.45, 7) is 19.0. The zero-order valence-corrected chi connectivity index (χ0v) is 23.2. The van der Waals surface area contributed by atoms with Gasteiger partial charge >= 0.3 is 5.97 Å². The molecule has 0 aromatic rings. The normalized spacial score (nSPS) is 51.3. The second-order valence-corrected chi connectivity index (χ2v) is 14.7. The monoisotopic (exact) mass is 470 g/mol. The molecule has 2 saturated carbocycles. The summed E-state index contributed by atoms with van der Waals surface area (Å²) in [6, 6.07) is 0. The molecular formula is C31H50O3. The van der Waals surface area contributed by atoms with Crippen LogP contribution in [0.25, 0.3) is 0 Å². The maximum absolute atomic E-state index is 12.5. The minimum absolute atomic E-state index is 0.00347. The SMILES string of the molecule is C[C@H]1CC[C@](C)([C@@H](C)[C@H]2CC[C@@]3(C)C4=C(CC[C@]23C)[C@@]2(C)CC[C@H](O)C(C)(C)[C@@H]2CC4)OC1=O. The van der Waals surface area contributed by atoms with Crippen LogP contribution < -0.4 is 0 Å². The lowest BCUT2D eigenvalue weighted by atomic mass is 9.43. The lowest BCUT2D eigenvalue weighted by molar-refractivity contribution is -0.184. The summed E-state index contributed by atoms with van der Waals surface area (Å²) in [5.74, 6) is 1.60. The van der Waals surface area contributed by atoms with Gasteiger partial charge in [-0.15, -0.1) is 0 Å². The van der Waals surface area contributed by atoms with Crippen LogP contribution in [0.2, 0.25) is 0 Å². The summed E-state index contributed by atoms with van der Waals surface area (Å²) in [7, 11) is 0.